The lowest BCUT2D eigenvalue weighted by Gasteiger charge is -2.23. The summed E-state index contributed by atoms with van der Waals surface area (Å²) in [4.78, 5) is 12.8. The standard InChI is InChI=1S/C11H14N4O/c1-8-10-11(13-6-12-8)15(7-14-10)9-4-2-3-5-16-9/h6-7,9H,2-5H2,1H3. The van der Waals surface area contributed by atoms with Crippen molar-refractivity contribution < 1.29 is 4.74 Å². The van der Waals surface area contributed by atoms with E-state index >= 15 is 0 Å². The van der Waals surface area contributed by atoms with Crippen LogP contribution in [0.3, 0.4) is 0 Å². The minimum Gasteiger partial charge on any atom is -0.358 e. The Kier molecular flexibility index (Phi) is 2.32. The highest BCUT2D eigenvalue weighted by Gasteiger charge is 2.18. The van der Waals surface area contributed by atoms with Gasteiger partial charge in [0.15, 0.2) is 5.65 Å². The Labute approximate surface area is 93.5 Å². The number of imidazole rings is 1. The molecule has 84 valence electrons. The number of rotatable bonds is 1. The van der Waals surface area contributed by atoms with Gasteiger partial charge in [-0.1, -0.05) is 0 Å². The van der Waals surface area contributed by atoms with Crippen molar-refractivity contribution in [1.82, 2.24) is 19.5 Å². The van der Waals surface area contributed by atoms with Gasteiger partial charge in [-0.3, -0.25) is 4.57 Å². The summed E-state index contributed by atoms with van der Waals surface area (Å²) in [6.07, 6.45) is 6.87. The fourth-order valence-corrected chi connectivity index (χ4v) is 2.12. The third-order valence-corrected chi connectivity index (χ3v) is 3.01. The van der Waals surface area contributed by atoms with Gasteiger partial charge in [-0.15, -0.1) is 0 Å². The number of fused-ring (bicyclic) bond motifs is 1. The summed E-state index contributed by atoms with van der Waals surface area (Å²) < 4.78 is 7.75. The molecule has 3 heterocycles. The van der Waals surface area contributed by atoms with Crippen LogP contribution >= 0.6 is 0 Å². The van der Waals surface area contributed by atoms with E-state index in [0.717, 1.165) is 36.3 Å². The molecular weight excluding hydrogens is 204 g/mol. The number of aryl methyl sites for hydroxylation is 1. The van der Waals surface area contributed by atoms with E-state index in [2.05, 4.69) is 15.0 Å². The van der Waals surface area contributed by atoms with Gasteiger partial charge in [0.05, 0.1) is 12.0 Å². The van der Waals surface area contributed by atoms with Crippen LogP contribution in [0.2, 0.25) is 0 Å². The highest BCUT2D eigenvalue weighted by atomic mass is 16.5. The van der Waals surface area contributed by atoms with Crippen molar-refractivity contribution >= 4 is 11.2 Å². The minimum absolute atomic E-state index is 0.0908. The second-order valence-corrected chi connectivity index (χ2v) is 4.10. The summed E-state index contributed by atoms with van der Waals surface area (Å²) in [6, 6.07) is 0. The summed E-state index contributed by atoms with van der Waals surface area (Å²) in [5.41, 5.74) is 2.66. The molecule has 0 saturated carbocycles. The number of hydrogen-bond acceptors (Lipinski definition) is 4. The largest absolute Gasteiger partial charge is 0.358 e. The third kappa shape index (κ3) is 1.48. The van der Waals surface area contributed by atoms with Crippen molar-refractivity contribution in [3.8, 4) is 0 Å². The van der Waals surface area contributed by atoms with E-state index < -0.39 is 0 Å². The van der Waals surface area contributed by atoms with Crippen molar-refractivity contribution in [3.05, 3.63) is 18.3 Å². The van der Waals surface area contributed by atoms with Crippen LogP contribution < -0.4 is 0 Å². The van der Waals surface area contributed by atoms with Gasteiger partial charge < -0.3 is 4.74 Å². The average Bonchev–Trinajstić information content (AvgIpc) is 2.75. The topological polar surface area (TPSA) is 52.8 Å². The highest BCUT2D eigenvalue weighted by Crippen LogP contribution is 2.25. The SMILES string of the molecule is Cc1ncnc2c1ncn2C1CCCCO1. The Morgan fingerprint density at radius 1 is 1.31 bits per heavy atom. The van der Waals surface area contributed by atoms with Crippen LogP contribution in [0.4, 0.5) is 0 Å². The zero-order chi connectivity index (χ0) is 11.0. The van der Waals surface area contributed by atoms with Gasteiger partial charge >= 0.3 is 0 Å². The van der Waals surface area contributed by atoms with E-state index in [4.69, 9.17) is 4.74 Å². The van der Waals surface area contributed by atoms with E-state index in [1.165, 1.54) is 6.42 Å². The van der Waals surface area contributed by atoms with Gasteiger partial charge in [0.2, 0.25) is 0 Å². The molecule has 1 atom stereocenters. The number of hydrogen-bond donors (Lipinski definition) is 0. The molecule has 1 fully saturated rings. The molecule has 1 aliphatic rings. The summed E-state index contributed by atoms with van der Waals surface area (Å²) in [5, 5.41) is 0. The molecule has 1 aliphatic heterocycles. The molecule has 0 N–H and O–H groups in total. The third-order valence-electron chi connectivity index (χ3n) is 3.01. The van der Waals surface area contributed by atoms with Crippen molar-refractivity contribution in [2.45, 2.75) is 32.4 Å². The second-order valence-electron chi connectivity index (χ2n) is 4.10. The molecule has 0 amide bonds. The Balaban J connectivity index is 2.06. The quantitative estimate of drug-likeness (QED) is 0.732. The minimum atomic E-state index is 0.0908. The molecule has 1 saturated heterocycles. The van der Waals surface area contributed by atoms with Crippen LogP contribution in [0, 0.1) is 6.92 Å². The summed E-state index contributed by atoms with van der Waals surface area (Å²) in [6.45, 7) is 2.78. The fourth-order valence-electron chi connectivity index (χ4n) is 2.12. The molecule has 0 aliphatic carbocycles. The Bertz CT molecular complexity index is 502. The van der Waals surface area contributed by atoms with Gasteiger partial charge in [0.1, 0.15) is 18.1 Å². The van der Waals surface area contributed by atoms with Crippen LogP contribution in [0.5, 0.6) is 0 Å². The van der Waals surface area contributed by atoms with E-state index in [-0.39, 0.29) is 6.23 Å². The van der Waals surface area contributed by atoms with Gasteiger partial charge in [-0.2, -0.15) is 0 Å². The van der Waals surface area contributed by atoms with Crippen molar-refractivity contribution in [1.29, 1.82) is 0 Å². The maximum Gasteiger partial charge on any atom is 0.165 e. The first kappa shape index (κ1) is 9.72. The predicted molar refractivity (Wildman–Crippen MR) is 58.9 cm³/mol. The fraction of sp³-hybridized carbons (Fsp3) is 0.545. The van der Waals surface area contributed by atoms with Crippen LogP contribution in [0.25, 0.3) is 11.2 Å². The smallest absolute Gasteiger partial charge is 0.165 e. The van der Waals surface area contributed by atoms with E-state index in [1.54, 1.807) is 6.33 Å². The molecule has 16 heavy (non-hydrogen) atoms. The van der Waals surface area contributed by atoms with Crippen LogP contribution in [-0.2, 0) is 4.74 Å². The number of aromatic nitrogens is 4. The lowest BCUT2D eigenvalue weighted by Crippen LogP contribution is -2.17. The molecule has 0 bridgehead atoms. The first-order valence-electron chi connectivity index (χ1n) is 5.62. The molecule has 0 aromatic carbocycles. The van der Waals surface area contributed by atoms with Crippen molar-refractivity contribution in [3.63, 3.8) is 0 Å². The summed E-state index contributed by atoms with van der Waals surface area (Å²) in [5.74, 6) is 0. The zero-order valence-corrected chi connectivity index (χ0v) is 9.26. The first-order valence-corrected chi connectivity index (χ1v) is 5.62. The normalized spacial score (nSPS) is 21.4. The zero-order valence-electron chi connectivity index (χ0n) is 9.26. The van der Waals surface area contributed by atoms with E-state index in [0.29, 0.717) is 0 Å². The van der Waals surface area contributed by atoms with E-state index in [9.17, 15) is 0 Å². The lowest BCUT2D eigenvalue weighted by molar-refractivity contribution is -0.0298. The molecule has 0 radical (unpaired) electrons. The Morgan fingerprint density at radius 3 is 3.06 bits per heavy atom. The molecule has 2 aromatic heterocycles. The molecular formula is C11H14N4O. The van der Waals surface area contributed by atoms with Crippen molar-refractivity contribution in [2.75, 3.05) is 6.61 Å². The van der Waals surface area contributed by atoms with Gasteiger partial charge in [-0.25, -0.2) is 15.0 Å². The monoisotopic (exact) mass is 218 g/mol. The van der Waals surface area contributed by atoms with E-state index in [1.807, 2.05) is 17.8 Å². The van der Waals surface area contributed by atoms with Crippen molar-refractivity contribution in [2.24, 2.45) is 0 Å². The molecule has 5 nitrogen and oxygen atoms in total. The summed E-state index contributed by atoms with van der Waals surface area (Å²) >= 11 is 0. The van der Waals surface area contributed by atoms with Gasteiger partial charge in [0.25, 0.3) is 0 Å². The number of nitrogens with zero attached hydrogens (tertiary/aromatic N) is 4. The lowest BCUT2D eigenvalue weighted by atomic mass is 10.2. The highest BCUT2D eigenvalue weighted by molar-refractivity contribution is 5.72. The maximum atomic E-state index is 5.73. The molecule has 0 spiro atoms. The van der Waals surface area contributed by atoms with Crippen LogP contribution in [0.15, 0.2) is 12.7 Å². The molecule has 3 rings (SSSR count). The first-order chi connectivity index (χ1) is 7.86. The average molecular weight is 218 g/mol. The number of ether oxygens (including phenoxy) is 1. The van der Waals surface area contributed by atoms with Crippen LogP contribution in [0.1, 0.15) is 31.2 Å². The molecule has 5 heteroatoms. The molecule has 1 unspecified atom stereocenters. The maximum absolute atomic E-state index is 5.73. The Morgan fingerprint density at radius 2 is 2.25 bits per heavy atom. The van der Waals surface area contributed by atoms with Gasteiger partial charge in [-0.05, 0) is 26.2 Å². The van der Waals surface area contributed by atoms with Gasteiger partial charge in [0, 0.05) is 6.61 Å². The predicted octanol–water partition coefficient (Wildman–Crippen LogP) is 1.83. The summed E-state index contributed by atoms with van der Waals surface area (Å²) in [7, 11) is 0. The van der Waals surface area contributed by atoms with Crippen LogP contribution in [-0.4, -0.2) is 26.1 Å². The second kappa shape index (κ2) is 3.83. The Hall–Kier alpha value is -1.49. The molecule has 2 aromatic rings.